The van der Waals surface area contributed by atoms with Crippen LogP contribution in [0.5, 0.6) is 0 Å². The van der Waals surface area contributed by atoms with Gasteiger partial charge in [-0.1, -0.05) is 27.5 Å². The Kier molecular flexibility index (Phi) is 5.59. The van der Waals surface area contributed by atoms with E-state index in [4.69, 9.17) is 11.6 Å². The van der Waals surface area contributed by atoms with Gasteiger partial charge in [-0.2, -0.15) is 0 Å². The van der Waals surface area contributed by atoms with Gasteiger partial charge in [0, 0.05) is 17.1 Å². The maximum Gasteiger partial charge on any atom is 0.255 e. The fraction of sp³-hybridized carbons (Fsp3) is 0.429. The first-order valence-corrected chi connectivity index (χ1v) is 7.29. The molecule has 0 radical (unpaired) electrons. The summed E-state index contributed by atoms with van der Waals surface area (Å²) in [5.74, 6) is -0.492. The molecule has 1 aromatic carbocycles. The monoisotopic (exact) mass is 360 g/mol. The largest absolute Gasteiger partial charge is 0.350 e. The molecule has 0 heterocycles. The molecule has 6 heteroatoms. The summed E-state index contributed by atoms with van der Waals surface area (Å²) < 4.78 is 0.798. The van der Waals surface area contributed by atoms with Gasteiger partial charge in [0.05, 0.1) is 17.1 Å². The Hall–Kier alpha value is -1.07. The highest BCUT2D eigenvalue weighted by atomic mass is 79.9. The zero-order chi connectivity index (χ0) is 15.5. The van der Waals surface area contributed by atoms with Gasteiger partial charge >= 0.3 is 0 Å². The molecule has 0 aliphatic carbocycles. The van der Waals surface area contributed by atoms with Gasteiger partial charge in [-0.15, -0.1) is 0 Å². The van der Waals surface area contributed by atoms with Gasteiger partial charge in [0.25, 0.3) is 5.91 Å². The lowest BCUT2D eigenvalue weighted by Gasteiger charge is -2.23. The first kappa shape index (κ1) is 17.0. The molecule has 0 aliphatic rings. The Balaban J connectivity index is 2.75. The number of hydrogen-bond acceptors (Lipinski definition) is 2. The third-order valence-electron chi connectivity index (χ3n) is 2.40. The Labute approximate surface area is 132 Å². The Bertz CT molecular complexity index is 526. The summed E-state index contributed by atoms with van der Waals surface area (Å²) in [5, 5.41) is 3.16. The maximum atomic E-state index is 12.2. The lowest BCUT2D eigenvalue weighted by Crippen LogP contribution is -2.46. The molecule has 0 unspecified atom stereocenters. The summed E-state index contributed by atoms with van der Waals surface area (Å²) in [7, 11) is 1.57. The topological polar surface area (TPSA) is 49.4 Å². The van der Waals surface area contributed by atoms with Crippen molar-refractivity contribution in [2.24, 2.45) is 0 Å². The number of nitrogens with one attached hydrogen (secondary N) is 1. The van der Waals surface area contributed by atoms with Crippen LogP contribution in [0, 0.1) is 0 Å². The molecule has 1 aromatic rings. The minimum absolute atomic E-state index is 0.0114. The van der Waals surface area contributed by atoms with E-state index in [0.717, 1.165) is 4.47 Å². The number of likely N-dealkylation sites (N-methyl/N-ethyl adjacent to an activating group) is 1. The first-order chi connectivity index (χ1) is 9.10. The van der Waals surface area contributed by atoms with Crippen molar-refractivity contribution in [3.05, 3.63) is 33.3 Å². The first-order valence-electron chi connectivity index (χ1n) is 6.11. The minimum Gasteiger partial charge on any atom is -0.350 e. The van der Waals surface area contributed by atoms with E-state index >= 15 is 0 Å². The van der Waals surface area contributed by atoms with Crippen LogP contribution >= 0.6 is 27.5 Å². The van der Waals surface area contributed by atoms with Crippen LogP contribution in [0.3, 0.4) is 0 Å². The van der Waals surface area contributed by atoms with E-state index in [-0.39, 0.29) is 23.9 Å². The maximum absolute atomic E-state index is 12.2. The molecule has 2 amide bonds. The highest BCUT2D eigenvalue weighted by molar-refractivity contribution is 9.10. The van der Waals surface area contributed by atoms with Crippen molar-refractivity contribution < 1.29 is 9.59 Å². The summed E-state index contributed by atoms with van der Waals surface area (Å²) >= 11 is 9.32. The van der Waals surface area contributed by atoms with Crippen molar-refractivity contribution in [2.45, 2.75) is 26.3 Å². The molecule has 0 spiro atoms. The Morgan fingerprint density at radius 1 is 1.35 bits per heavy atom. The van der Waals surface area contributed by atoms with Crippen molar-refractivity contribution in [3.8, 4) is 0 Å². The van der Waals surface area contributed by atoms with Crippen LogP contribution in [-0.2, 0) is 4.79 Å². The van der Waals surface area contributed by atoms with Gasteiger partial charge in [0.2, 0.25) is 5.91 Å². The summed E-state index contributed by atoms with van der Waals surface area (Å²) in [6, 6.07) is 5.02. The van der Waals surface area contributed by atoms with Crippen molar-refractivity contribution >= 4 is 39.3 Å². The van der Waals surface area contributed by atoms with Gasteiger partial charge in [-0.25, -0.2) is 0 Å². The SMILES string of the molecule is CN(CC(=O)NC(C)(C)C)C(=O)c1ccc(Br)cc1Cl. The molecule has 1 N–H and O–H groups in total. The zero-order valence-electron chi connectivity index (χ0n) is 12.0. The average Bonchev–Trinajstić information content (AvgIpc) is 2.25. The van der Waals surface area contributed by atoms with Crippen molar-refractivity contribution in [1.29, 1.82) is 0 Å². The average molecular weight is 362 g/mol. The van der Waals surface area contributed by atoms with Crippen LogP contribution in [-0.4, -0.2) is 35.8 Å². The molecule has 0 aliphatic heterocycles. The van der Waals surface area contributed by atoms with E-state index in [9.17, 15) is 9.59 Å². The van der Waals surface area contributed by atoms with E-state index in [2.05, 4.69) is 21.2 Å². The standard InChI is InChI=1S/C14H18BrClN2O2/c1-14(2,3)17-12(19)8-18(4)13(20)10-6-5-9(15)7-11(10)16/h5-7H,8H2,1-4H3,(H,17,19). The van der Waals surface area contributed by atoms with Crippen LogP contribution in [0.1, 0.15) is 31.1 Å². The minimum atomic E-state index is -0.323. The second-order valence-corrected chi connectivity index (χ2v) is 6.91. The number of carbonyl (C=O) groups excluding carboxylic acids is 2. The summed E-state index contributed by atoms with van der Waals surface area (Å²) in [6.07, 6.45) is 0. The number of amides is 2. The normalized spacial score (nSPS) is 11.1. The van der Waals surface area contributed by atoms with Crippen molar-refractivity contribution in [1.82, 2.24) is 10.2 Å². The van der Waals surface area contributed by atoms with E-state index in [1.165, 1.54) is 4.90 Å². The fourth-order valence-electron chi connectivity index (χ4n) is 1.61. The molecule has 0 saturated carbocycles. The van der Waals surface area contributed by atoms with Crippen molar-refractivity contribution in [2.75, 3.05) is 13.6 Å². The molecule has 0 saturated heterocycles. The fourth-order valence-corrected chi connectivity index (χ4v) is 2.37. The van der Waals surface area contributed by atoms with Gasteiger partial charge in [-0.05, 0) is 39.0 Å². The lowest BCUT2D eigenvalue weighted by atomic mass is 10.1. The quantitative estimate of drug-likeness (QED) is 0.899. The van der Waals surface area contributed by atoms with Gasteiger partial charge in [0.1, 0.15) is 0 Å². The highest BCUT2D eigenvalue weighted by Crippen LogP contribution is 2.22. The third kappa shape index (κ3) is 5.13. The summed E-state index contributed by atoms with van der Waals surface area (Å²) in [5.41, 5.74) is 0.0527. The molecular weight excluding hydrogens is 344 g/mol. The molecular formula is C14H18BrClN2O2. The number of rotatable bonds is 3. The van der Waals surface area contributed by atoms with Crippen LogP contribution in [0.4, 0.5) is 0 Å². The molecule has 0 fully saturated rings. The van der Waals surface area contributed by atoms with Gasteiger partial charge in [0.15, 0.2) is 0 Å². The van der Waals surface area contributed by atoms with Crippen LogP contribution in [0.25, 0.3) is 0 Å². The Morgan fingerprint density at radius 3 is 2.45 bits per heavy atom. The molecule has 20 heavy (non-hydrogen) atoms. The second-order valence-electron chi connectivity index (χ2n) is 5.58. The molecule has 110 valence electrons. The van der Waals surface area contributed by atoms with Gasteiger partial charge < -0.3 is 10.2 Å². The van der Waals surface area contributed by atoms with E-state index in [1.807, 2.05) is 20.8 Å². The van der Waals surface area contributed by atoms with E-state index in [0.29, 0.717) is 10.6 Å². The number of nitrogens with zero attached hydrogens (tertiary/aromatic N) is 1. The van der Waals surface area contributed by atoms with Crippen LogP contribution in [0.2, 0.25) is 5.02 Å². The number of carbonyl (C=O) groups is 2. The Morgan fingerprint density at radius 2 is 1.95 bits per heavy atom. The van der Waals surface area contributed by atoms with Crippen molar-refractivity contribution in [3.63, 3.8) is 0 Å². The third-order valence-corrected chi connectivity index (χ3v) is 3.21. The smallest absolute Gasteiger partial charge is 0.255 e. The molecule has 4 nitrogen and oxygen atoms in total. The number of hydrogen-bond donors (Lipinski definition) is 1. The predicted octanol–water partition coefficient (Wildman–Crippen LogP) is 3.09. The van der Waals surface area contributed by atoms with E-state index in [1.54, 1.807) is 25.2 Å². The lowest BCUT2D eigenvalue weighted by molar-refractivity contribution is -0.122. The molecule has 0 atom stereocenters. The van der Waals surface area contributed by atoms with Gasteiger partial charge in [-0.3, -0.25) is 9.59 Å². The summed E-state index contributed by atoms with van der Waals surface area (Å²) in [4.78, 5) is 25.4. The molecule has 1 rings (SSSR count). The zero-order valence-corrected chi connectivity index (χ0v) is 14.3. The van der Waals surface area contributed by atoms with Crippen LogP contribution in [0.15, 0.2) is 22.7 Å². The molecule has 0 bridgehead atoms. The van der Waals surface area contributed by atoms with Crippen LogP contribution < -0.4 is 5.32 Å². The second kappa shape index (κ2) is 6.59. The van der Waals surface area contributed by atoms with E-state index < -0.39 is 0 Å². The number of benzene rings is 1. The molecule has 0 aromatic heterocycles. The predicted molar refractivity (Wildman–Crippen MR) is 84.0 cm³/mol. The highest BCUT2D eigenvalue weighted by Gasteiger charge is 2.20. The number of halogens is 2. The summed E-state index contributed by atoms with van der Waals surface area (Å²) in [6.45, 7) is 5.65.